The molecule has 2 aromatic carbocycles. The third-order valence-corrected chi connectivity index (χ3v) is 5.07. The molecule has 1 saturated carbocycles. The standard InChI is InChI=1S/C20H20ClFN2O2/c21-16-7-5-14(6-8-16)18(25)23-11-12-24-19(26)20(9-2-10-20)15-3-1-4-17(22)13-15/h1,3-8,13H,2,9-12H2,(H,23,25)(H,24,26). The summed E-state index contributed by atoms with van der Waals surface area (Å²) >= 11 is 5.80. The van der Waals surface area contributed by atoms with E-state index in [1.807, 2.05) is 0 Å². The predicted octanol–water partition coefficient (Wildman–Crippen LogP) is 3.45. The van der Waals surface area contributed by atoms with Gasteiger partial charge in [0.1, 0.15) is 5.82 Å². The number of benzene rings is 2. The molecule has 1 aliphatic rings. The van der Waals surface area contributed by atoms with Gasteiger partial charge in [-0.1, -0.05) is 30.2 Å². The second kappa shape index (κ2) is 7.87. The van der Waals surface area contributed by atoms with E-state index in [4.69, 9.17) is 11.6 Å². The molecular formula is C20H20ClFN2O2. The first-order valence-electron chi connectivity index (χ1n) is 8.59. The molecule has 0 heterocycles. The molecule has 0 radical (unpaired) electrons. The highest BCUT2D eigenvalue weighted by molar-refractivity contribution is 6.30. The molecule has 6 heteroatoms. The van der Waals surface area contributed by atoms with Gasteiger partial charge in [-0.25, -0.2) is 4.39 Å². The Morgan fingerprint density at radius 2 is 1.73 bits per heavy atom. The van der Waals surface area contributed by atoms with Crippen LogP contribution in [0.25, 0.3) is 0 Å². The van der Waals surface area contributed by atoms with Gasteiger partial charge in [-0.05, 0) is 54.8 Å². The van der Waals surface area contributed by atoms with Crippen LogP contribution in [-0.2, 0) is 10.2 Å². The first-order valence-corrected chi connectivity index (χ1v) is 8.97. The molecule has 0 bridgehead atoms. The van der Waals surface area contributed by atoms with Crippen LogP contribution in [0.1, 0.15) is 35.2 Å². The van der Waals surface area contributed by atoms with Crippen LogP contribution in [0, 0.1) is 5.82 Å². The molecule has 4 nitrogen and oxygen atoms in total. The van der Waals surface area contributed by atoms with Gasteiger partial charge in [0.05, 0.1) is 5.41 Å². The van der Waals surface area contributed by atoms with Crippen LogP contribution >= 0.6 is 11.6 Å². The molecule has 1 fully saturated rings. The van der Waals surface area contributed by atoms with Crippen molar-refractivity contribution in [2.45, 2.75) is 24.7 Å². The van der Waals surface area contributed by atoms with Crippen molar-refractivity contribution in [1.29, 1.82) is 0 Å². The molecule has 1 aliphatic carbocycles. The Bertz CT molecular complexity index is 804. The second-order valence-corrected chi connectivity index (χ2v) is 6.90. The molecule has 2 aromatic rings. The maximum Gasteiger partial charge on any atom is 0.251 e. The lowest BCUT2D eigenvalue weighted by atomic mass is 9.64. The minimum atomic E-state index is -0.651. The highest BCUT2D eigenvalue weighted by Gasteiger charge is 2.45. The molecular weight excluding hydrogens is 355 g/mol. The first-order chi connectivity index (χ1) is 12.5. The summed E-state index contributed by atoms with van der Waals surface area (Å²) in [5.74, 6) is -0.675. The number of nitrogens with one attached hydrogen (secondary N) is 2. The van der Waals surface area contributed by atoms with Gasteiger partial charge in [0.2, 0.25) is 5.91 Å². The highest BCUT2D eigenvalue weighted by atomic mass is 35.5. The lowest BCUT2D eigenvalue weighted by Crippen LogP contribution is -2.50. The van der Waals surface area contributed by atoms with Crippen LogP contribution in [-0.4, -0.2) is 24.9 Å². The maximum atomic E-state index is 13.5. The van der Waals surface area contributed by atoms with E-state index in [2.05, 4.69) is 10.6 Å². The number of carbonyl (C=O) groups is 2. The van der Waals surface area contributed by atoms with E-state index in [1.165, 1.54) is 12.1 Å². The average Bonchev–Trinajstić information content (AvgIpc) is 2.58. The van der Waals surface area contributed by atoms with Gasteiger partial charge in [-0.15, -0.1) is 0 Å². The van der Waals surface area contributed by atoms with E-state index in [9.17, 15) is 14.0 Å². The molecule has 0 aliphatic heterocycles. The van der Waals surface area contributed by atoms with Crippen molar-refractivity contribution >= 4 is 23.4 Å². The third kappa shape index (κ3) is 3.88. The quantitative estimate of drug-likeness (QED) is 0.761. The van der Waals surface area contributed by atoms with Crippen LogP contribution in [0.4, 0.5) is 4.39 Å². The normalized spacial score (nSPS) is 15.0. The molecule has 2 N–H and O–H groups in total. The molecule has 3 rings (SSSR count). The number of hydrogen-bond donors (Lipinski definition) is 2. The zero-order valence-electron chi connectivity index (χ0n) is 14.2. The van der Waals surface area contributed by atoms with Gasteiger partial charge in [0, 0.05) is 23.7 Å². The Balaban J connectivity index is 1.52. The van der Waals surface area contributed by atoms with Crippen molar-refractivity contribution in [3.05, 3.63) is 70.5 Å². The van der Waals surface area contributed by atoms with E-state index in [0.717, 1.165) is 6.42 Å². The van der Waals surface area contributed by atoms with Crippen LogP contribution in [0.5, 0.6) is 0 Å². The lowest BCUT2D eigenvalue weighted by molar-refractivity contribution is -0.129. The maximum absolute atomic E-state index is 13.5. The second-order valence-electron chi connectivity index (χ2n) is 6.46. The average molecular weight is 375 g/mol. The van der Waals surface area contributed by atoms with Gasteiger partial charge in [-0.2, -0.15) is 0 Å². The summed E-state index contributed by atoms with van der Waals surface area (Å²) in [6.45, 7) is 0.627. The number of hydrogen-bond acceptors (Lipinski definition) is 2. The minimum absolute atomic E-state index is 0.116. The fourth-order valence-corrected chi connectivity index (χ4v) is 3.31. The zero-order chi connectivity index (χ0) is 18.6. The summed E-state index contributed by atoms with van der Waals surface area (Å²) in [5.41, 5.74) is 0.574. The van der Waals surface area contributed by atoms with E-state index in [0.29, 0.717) is 42.1 Å². The Kier molecular flexibility index (Phi) is 5.57. The van der Waals surface area contributed by atoms with Crippen molar-refractivity contribution in [2.24, 2.45) is 0 Å². The predicted molar refractivity (Wildman–Crippen MR) is 98.7 cm³/mol. The van der Waals surface area contributed by atoms with Gasteiger partial charge in [0.25, 0.3) is 5.91 Å². The fourth-order valence-electron chi connectivity index (χ4n) is 3.19. The zero-order valence-corrected chi connectivity index (χ0v) is 15.0. The summed E-state index contributed by atoms with van der Waals surface area (Å²) < 4.78 is 13.5. The van der Waals surface area contributed by atoms with E-state index in [1.54, 1.807) is 36.4 Å². The molecule has 136 valence electrons. The van der Waals surface area contributed by atoms with Gasteiger partial charge >= 0.3 is 0 Å². The Hall–Kier alpha value is -2.40. The smallest absolute Gasteiger partial charge is 0.251 e. The van der Waals surface area contributed by atoms with E-state index < -0.39 is 5.41 Å². The molecule has 0 spiro atoms. The number of rotatable bonds is 6. The Morgan fingerprint density at radius 1 is 1.04 bits per heavy atom. The lowest BCUT2D eigenvalue weighted by Gasteiger charge is -2.40. The Labute approximate surface area is 156 Å². The summed E-state index contributed by atoms with van der Waals surface area (Å²) in [5, 5.41) is 6.18. The van der Waals surface area contributed by atoms with Gasteiger partial charge < -0.3 is 10.6 Å². The van der Waals surface area contributed by atoms with E-state index >= 15 is 0 Å². The third-order valence-electron chi connectivity index (χ3n) is 4.82. The topological polar surface area (TPSA) is 58.2 Å². The van der Waals surface area contributed by atoms with Crippen molar-refractivity contribution in [2.75, 3.05) is 13.1 Å². The Morgan fingerprint density at radius 3 is 2.35 bits per heavy atom. The molecule has 2 amide bonds. The van der Waals surface area contributed by atoms with Crippen molar-refractivity contribution < 1.29 is 14.0 Å². The van der Waals surface area contributed by atoms with Crippen molar-refractivity contribution in [3.8, 4) is 0 Å². The molecule has 0 atom stereocenters. The number of halogens is 2. The largest absolute Gasteiger partial charge is 0.354 e. The molecule has 0 aromatic heterocycles. The molecule has 0 unspecified atom stereocenters. The van der Waals surface area contributed by atoms with Gasteiger partial charge in [0.15, 0.2) is 0 Å². The monoisotopic (exact) mass is 374 g/mol. The van der Waals surface area contributed by atoms with Gasteiger partial charge in [-0.3, -0.25) is 9.59 Å². The van der Waals surface area contributed by atoms with Crippen LogP contribution in [0.2, 0.25) is 5.02 Å². The molecule has 0 saturated heterocycles. The minimum Gasteiger partial charge on any atom is -0.354 e. The number of amides is 2. The fraction of sp³-hybridized carbons (Fsp3) is 0.300. The van der Waals surface area contributed by atoms with Crippen LogP contribution in [0.3, 0.4) is 0 Å². The van der Waals surface area contributed by atoms with Crippen molar-refractivity contribution in [1.82, 2.24) is 10.6 Å². The molecule has 26 heavy (non-hydrogen) atoms. The summed E-state index contributed by atoms with van der Waals surface area (Å²) in [6.07, 6.45) is 2.36. The SMILES string of the molecule is O=C(NCCNC(=O)C1(c2cccc(F)c2)CCC1)c1ccc(Cl)cc1. The van der Waals surface area contributed by atoms with Crippen LogP contribution < -0.4 is 10.6 Å². The highest BCUT2D eigenvalue weighted by Crippen LogP contribution is 2.44. The van der Waals surface area contributed by atoms with E-state index in [-0.39, 0.29) is 17.6 Å². The number of carbonyl (C=O) groups excluding carboxylic acids is 2. The van der Waals surface area contributed by atoms with Crippen molar-refractivity contribution in [3.63, 3.8) is 0 Å². The summed E-state index contributed by atoms with van der Waals surface area (Å²) in [7, 11) is 0. The summed E-state index contributed by atoms with van der Waals surface area (Å²) in [4.78, 5) is 24.7. The summed E-state index contributed by atoms with van der Waals surface area (Å²) in [6, 6.07) is 12.8. The van der Waals surface area contributed by atoms with Crippen LogP contribution in [0.15, 0.2) is 48.5 Å². The first kappa shape index (κ1) is 18.4.